The lowest BCUT2D eigenvalue weighted by Gasteiger charge is -2.28. The van der Waals surface area contributed by atoms with E-state index in [4.69, 9.17) is 15.6 Å². The van der Waals surface area contributed by atoms with Crippen molar-refractivity contribution < 1.29 is 4.74 Å². The van der Waals surface area contributed by atoms with Gasteiger partial charge in [-0.3, -0.25) is 10.1 Å². The Bertz CT molecular complexity index is 1130. The number of nitrogens with zero attached hydrogens (tertiary/aromatic N) is 6. The predicted molar refractivity (Wildman–Crippen MR) is 106 cm³/mol. The lowest BCUT2D eigenvalue weighted by atomic mass is 10.1. The number of aromatic nitrogens is 6. The van der Waals surface area contributed by atoms with Crippen molar-refractivity contribution in [3.63, 3.8) is 0 Å². The van der Waals surface area contributed by atoms with E-state index in [-0.39, 0.29) is 0 Å². The molecule has 0 radical (unpaired) electrons. The van der Waals surface area contributed by atoms with Gasteiger partial charge in [0.25, 0.3) is 0 Å². The summed E-state index contributed by atoms with van der Waals surface area (Å²) < 4.78 is 7.35. The summed E-state index contributed by atoms with van der Waals surface area (Å²) in [5.74, 6) is 1.35. The fraction of sp³-hybridized carbons (Fsp3) is 0.263. The average molecular weight is 376 g/mol. The molecular weight excluding hydrogens is 356 g/mol. The van der Waals surface area contributed by atoms with Gasteiger partial charge in [-0.05, 0) is 25.1 Å². The van der Waals surface area contributed by atoms with Crippen molar-refractivity contribution in [3.05, 3.63) is 42.4 Å². The van der Waals surface area contributed by atoms with E-state index >= 15 is 0 Å². The van der Waals surface area contributed by atoms with Gasteiger partial charge >= 0.3 is 0 Å². The van der Waals surface area contributed by atoms with Crippen LogP contribution in [0.15, 0.2) is 36.7 Å². The maximum absolute atomic E-state index is 6.18. The Morgan fingerprint density at radius 1 is 1.14 bits per heavy atom. The monoisotopic (exact) mass is 376 g/mol. The standard InChI is InChI=1S/C19H20N8O/c1-12-10-14(24-23-12)17-18(13-2-4-21-5-3-13)25-27-16(11-15(20)22-19(17)27)26-6-8-28-9-7-26/h2-5,10-11H,6-9H2,1H3,(H2,20,22)(H,23,24). The summed E-state index contributed by atoms with van der Waals surface area (Å²) in [6.07, 6.45) is 3.51. The Morgan fingerprint density at radius 2 is 1.93 bits per heavy atom. The first kappa shape index (κ1) is 16.7. The highest BCUT2D eigenvalue weighted by molar-refractivity contribution is 5.90. The molecule has 0 atom stereocenters. The minimum atomic E-state index is 0.448. The highest BCUT2D eigenvalue weighted by Crippen LogP contribution is 2.35. The van der Waals surface area contributed by atoms with E-state index in [1.807, 2.05) is 35.7 Å². The number of nitrogens with one attached hydrogen (secondary N) is 1. The van der Waals surface area contributed by atoms with Gasteiger partial charge in [0, 0.05) is 42.8 Å². The van der Waals surface area contributed by atoms with Gasteiger partial charge in [0.15, 0.2) is 5.65 Å². The predicted octanol–water partition coefficient (Wildman–Crippen LogP) is 1.91. The van der Waals surface area contributed by atoms with Crippen molar-refractivity contribution in [2.75, 3.05) is 36.9 Å². The maximum Gasteiger partial charge on any atom is 0.169 e. The van der Waals surface area contributed by atoms with E-state index in [0.29, 0.717) is 24.7 Å². The Morgan fingerprint density at radius 3 is 2.64 bits per heavy atom. The first-order valence-corrected chi connectivity index (χ1v) is 9.15. The summed E-state index contributed by atoms with van der Waals surface area (Å²) in [7, 11) is 0. The normalized spacial score (nSPS) is 14.7. The van der Waals surface area contributed by atoms with Gasteiger partial charge in [-0.25, -0.2) is 4.98 Å². The number of aromatic amines is 1. The van der Waals surface area contributed by atoms with Gasteiger partial charge in [0.2, 0.25) is 0 Å². The van der Waals surface area contributed by atoms with Crippen LogP contribution in [0.25, 0.3) is 28.2 Å². The van der Waals surface area contributed by atoms with Gasteiger partial charge in [0.05, 0.1) is 24.5 Å². The quantitative estimate of drug-likeness (QED) is 0.562. The number of hydrogen-bond donors (Lipinski definition) is 2. The molecule has 0 aromatic carbocycles. The summed E-state index contributed by atoms with van der Waals surface area (Å²) in [4.78, 5) is 11.0. The highest BCUT2D eigenvalue weighted by atomic mass is 16.5. The van der Waals surface area contributed by atoms with Crippen molar-refractivity contribution >= 4 is 17.3 Å². The van der Waals surface area contributed by atoms with Gasteiger partial charge < -0.3 is 15.4 Å². The minimum Gasteiger partial charge on any atom is -0.384 e. The molecule has 0 spiro atoms. The SMILES string of the molecule is Cc1cc(-c2c(-c3ccncc3)nn3c(N4CCOCC4)cc(N)nc23)n[nH]1. The summed E-state index contributed by atoms with van der Waals surface area (Å²) >= 11 is 0. The van der Waals surface area contributed by atoms with Crippen LogP contribution in [0.4, 0.5) is 11.6 Å². The van der Waals surface area contributed by atoms with Crippen LogP contribution in [-0.2, 0) is 4.74 Å². The number of nitrogens with two attached hydrogens (primary N) is 1. The number of morpholine rings is 1. The fourth-order valence-electron chi connectivity index (χ4n) is 3.53. The van der Waals surface area contributed by atoms with Crippen LogP contribution >= 0.6 is 0 Å². The van der Waals surface area contributed by atoms with Crippen LogP contribution in [0.3, 0.4) is 0 Å². The summed E-state index contributed by atoms with van der Waals surface area (Å²) in [5, 5.41) is 12.4. The van der Waals surface area contributed by atoms with Crippen LogP contribution in [0, 0.1) is 6.92 Å². The summed E-state index contributed by atoms with van der Waals surface area (Å²) in [6, 6.07) is 7.72. The number of fused-ring (bicyclic) bond motifs is 1. The molecule has 1 fully saturated rings. The number of hydrogen-bond acceptors (Lipinski definition) is 7. The zero-order valence-electron chi connectivity index (χ0n) is 15.5. The van der Waals surface area contributed by atoms with Crippen molar-refractivity contribution in [1.29, 1.82) is 0 Å². The fourth-order valence-corrected chi connectivity index (χ4v) is 3.53. The van der Waals surface area contributed by atoms with E-state index < -0.39 is 0 Å². The Kier molecular flexibility index (Phi) is 3.94. The molecule has 4 aromatic heterocycles. The van der Waals surface area contributed by atoms with Crippen LogP contribution in [-0.4, -0.2) is 56.1 Å². The van der Waals surface area contributed by atoms with Crippen molar-refractivity contribution in [2.45, 2.75) is 6.92 Å². The summed E-state index contributed by atoms with van der Waals surface area (Å²) in [6.45, 7) is 4.87. The second-order valence-corrected chi connectivity index (χ2v) is 6.77. The van der Waals surface area contributed by atoms with E-state index in [1.54, 1.807) is 12.4 Å². The molecule has 0 aliphatic carbocycles. The molecule has 9 nitrogen and oxygen atoms in total. The second-order valence-electron chi connectivity index (χ2n) is 6.77. The van der Waals surface area contributed by atoms with Crippen molar-refractivity contribution in [2.24, 2.45) is 0 Å². The lowest BCUT2D eigenvalue weighted by Crippen LogP contribution is -2.37. The molecule has 1 aliphatic heterocycles. The van der Waals surface area contributed by atoms with E-state index in [2.05, 4.69) is 25.1 Å². The zero-order chi connectivity index (χ0) is 19.1. The number of rotatable bonds is 3. The van der Waals surface area contributed by atoms with E-state index in [0.717, 1.165) is 47.1 Å². The molecule has 0 unspecified atom stereocenters. The Labute approximate surface area is 161 Å². The molecule has 1 aliphatic rings. The van der Waals surface area contributed by atoms with Crippen LogP contribution in [0.2, 0.25) is 0 Å². The van der Waals surface area contributed by atoms with Gasteiger partial charge in [-0.15, -0.1) is 0 Å². The van der Waals surface area contributed by atoms with Crippen LogP contribution in [0.1, 0.15) is 5.69 Å². The molecule has 142 valence electrons. The molecular formula is C19H20N8O. The zero-order valence-corrected chi connectivity index (χ0v) is 15.5. The highest BCUT2D eigenvalue weighted by Gasteiger charge is 2.24. The average Bonchev–Trinajstić information content (AvgIpc) is 3.32. The summed E-state index contributed by atoms with van der Waals surface area (Å²) in [5.41, 5.74) is 11.2. The molecule has 4 aromatic rings. The first-order chi connectivity index (χ1) is 13.7. The molecule has 0 saturated carbocycles. The number of aryl methyl sites for hydroxylation is 1. The molecule has 0 bridgehead atoms. The number of nitrogen functional groups attached to an aromatic ring is 1. The third-order valence-corrected chi connectivity index (χ3v) is 4.84. The molecule has 1 saturated heterocycles. The topological polar surface area (TPSA) is 110 Å². The van der Waals surface area contributed by atoms with Crippen LogP contribution < -0.4 is 10.6 Å². The largest absolute Gasteiger partial charge is 0.384 e. The lowest BCUT2D eigenvalue weighted by molar-refractivity contribution is 0.122. The van der Waals surface area contributed by atoms with Gasteiger partial charge in [-0.1, -0.05) is 0 Å². The van der Waals surface area contributed by atoms with E-state index in [9.17, 15) is 0 Å². The molecule has 28 heavy (non-hydrogen) atoms. The maximum atomic E-state index is 6.18. The third-order valence-electron chi connectivity index (χ3n) is 4.84. The molecule has 9 heteroatoms. The van der Waals surface area contributed by atoms with Crippen molar-refractivity contribution in [1.82, 2.24) is 29.8 Å². The Hall–Kier alpha value is -3.46. The molecule has 3 N–H and O–H groups in total. The number of anilines is 2. The molecule has 5 heterocycles. The third kappa shape index (κ3) is 2.76. The number of H-pyrrole nitrogens is 1. The second kappa shape index (κ2) is 6.61. The van der Waals surface area contributed by atoms with Crippen molar-refractivity contribution in [3.8, 4) is 22.5 Å². The minimum absolute atomic E-state index is 0.448. The van der Waals surface area contributed by atoms with Gasteiger partial charge in [-0.2, -0.15) is 14.7 Å². The number of ether oxygens (including phenoxy) is 1. The smallest absolute Gasteiger partial charge is 0.169 e. The van der Waals surface area contributed by atoms with E-state index in [1.165, 1.54) is 0 Å². The molecule has 0 amide bonds. The van der Waals surface area contributed by atoms with Crippen LogP contribution in [0.5, 0.6) is 0 Å². The molecule has 5 rings (SSSR count). The Balaban J connectivity index is 1.80. The van der Waals surface area contributed by atoms with Gasteiger partial charge in [0.1, 0.15) is 17.3 Å². The number of pyridine rings is 1. The first-order valence-electron chi connectivity index (χ1n) is 9.15.